The van der Waals surface area contributed by atoms with Gasteiger partial charge in [0, 0.05) is 26.1 Å². The number of likely N-dealkylation sites (tertiary alicyclic amines) is 1. The Morgan fingerprint density at radius 3 is 2.64 bits per heavy atom. The third-order valence-electron chi connectivity index (χ3n) is 1.98. The highest BCUT2D eigenvalue weighted by molar-refractivity contribution is 5.73. The molecule has 1 aliphatic heterocycles. The molecular weight excluding hydrogens is 142 g/mol. The molecule has 1 aliphatic rings. The summed E-state index contributed by atoms with van der Waals surface area (Å²) in [6, 6.07) is 1.92. The van der Waals surface area contributed by atoms with Crippen molar-refractivity contribution < 1.29 is 4.79 Å². The fourth-order valence-electron chi connectivity index (χ4n) is 1.22. The van der Waals surface area contributed by atoms with Gasteiger partial charge in [0.25, 0.3) is 0 Å². The molecule has 0 bridgehead atoms. The average Bonchev–Trinajstić information content (AvgIpc) is 2.31. The molecule has 60 valence electrons. The molecule has 2 atom stereocenters. The summed E-state index contributed by atoms with van der Waals surface area (Å²) in [5.41, 5.74) is 5.60. The molecule has 0 saturated carbocycles. The second kappa shape index (κ2) is 2.89. The first-order chi connectivity index (χ1) is 5.15. The number of carbonyl (C=O) groups is 1. The van der Waals surface area contributed by atoms with Crippen LogP contribution >= 0.6 is 0 Å². The third kappa shape index (κ3) is 1.49. The van der Waals surface area contributed by atoms with Crippen molar-refractivity contribution in [3.63, 3.8) is 0 Å². The van der Waals surface area contributed by atoms with Crippen LogP contribution in [0.3, 0.4) is 0 Å². The van der Waals surface area contributed by atoms with E-state index in [2.05, 4.69) is 6.07 Å². The molecule has 1 fully saturated rings. The van der Waals surface area contributed by atoms with Crippen molar-refractivity contribution >= 4 is 5.91 Å². The van der Waals surface area contributed by atoms with Crippen LogP contribution in [0, 0.1) is 17.2 Å². The van der Waals surface area contributed by atoms with E-state index in [0.29, 0.717) is 13.1 Å². The molecule has 1 rings (SSSR count). The van der Waals surface area contributed by atoms with Crippen LogP contribution < -0.4 is 5.73 Å². The van der Waals surface area contributed by atoms with Crippen LogP contribution in [-0.4, -0.2) is 29.9 Å². The highest BCUT2D eigenvalue weighted by Crippen LogP contribution is 2.13. The van der Waals surface area contributed by atoms with Gasteiger partial charge in [0.05, 0.1) is 12.0 Å². The first kappa shape index (κ1) is 8.02. The lowest BCUT2D eigenvalue weighted by molar-refractivity contribution is -0.127. The van der Waals surface area contributed by atoms with Gasteiger partial charge in [-0.25, -0.2) is 0 Å². The summed E-state index contributed by atoms with van der Waals surface area (Å²) in [6.45, 7) is 2.51. The van der Waals surface area contributed by atoms with Crippen molar-refractivity contribution in [2.24, 2.45) is 11.7 Å². The van der Waals surface area contributed by atoms with E-state index in [-0.39, 0.29) is 17.9 Å². The fourth-order valence-corrected chi connectivity index (χ4v) is 1.22. The Morgan fingerprint density at radius 2 is 2.36 bits per heavy atom. The number of carbonyl (C=O) groups excluding carboxylic acids is 1. The summed E-state index contributed by atoms with van der Waals surface area (Å²) < 4.78 is 0. The van der Waals surface area contributed by atoms with Crippen molar-refractivity contribution in [3.05, 3.63) is 0 Å². The van der Waals surface area contributed by atoms with Crippen LogP contribution in [0.1, 0.15) is 6.92 Å². The van der Waals surface area contributed by atoms with Crippen molar-refractivity contribution in [1.29, 1.82) is 5.26 Å². The molecule has 0 spiro atoms. The van der Waals surface area contributed by atoms with Crippen molar-refractivity contribution in [2.75, 3.05) is 13.1 Å². The number of nitrogens with zero attached hydrogens (tertiary/aromatic N) is 2. The van der Waals surface area contributed by atoms with Crippen LogP contribution in [0.25, 0.3) is 0 Å². The zero-order valence-corrected chi connectivity index (χ0v) is 6.45. The van der Waals surface area contributed by atoms with Gasteiger partial charge in [-0.15, -0.1) is 0 Å². The minimum absolute atomic E-state index is 0.00167. The summed E-state index contributed by atoms with van der Waals surface area (Å²) in [6.07, 6.45) is 0. The standard InChI is InChI=1S/C7H11N3O/c1-5(11)10-3-6(2-8)7(9)4-10/h6-7H,3-4,9H2,1H3/t6-,7-/m1/s1. The van der Waals surface area contributed by atoms with Crippen LogP contribution in [-0.2, 0) is 4.79 Å². The molecular formula is C7H11N3O. The van der Waals surface area contributed by atoms with Crippen LogP contribution in [0.5, 0.6) is 0 Å². The predicted octanol–water partition coefficient (Wildman–Crippen LogP) is -0.684. The van der Waals surface area contributed by atoms with Gasteiger partial charge >= 0.3 is 0 Å². The molecule has 0 unspecified atom stereocenters. The van der Waals surface area contributed by atoms with E-state index in [0.717, 1.165) is 0 Å². The van der Waals surface area contributed by atoms with Gasteiger partial charge in [-0.05, 0) is 0 Å². The second-order valence-corrected chi connectivity index (χ2v) is 2.82. The molecule has 4 nitrogen and oxygen atoms in total. The molecule has 0 aliphatic carbocycles. The lowest BCUT2D eigenvalue weighted by atomic mass is 10.1. The normalized spacial score (nSPS) is 30.1. The number of amides is 1. The summed E-state index contributed by atoms with van der Waals surface area (Å²) >= 11 is 0. The van der Waals surface area contributed by atoms with Gasteiger partial charge in [-0.3, -0.25) is 4.79 Å². The minimum atomic E-state index is -0.182. The van der Waals surface area contributed by atoms with Gasteiger partial charge in [0.15, 0.2) is 0 Å². The first-order valence-electron chi connectivity index (χ1n) is 3.56. The highest BCUT2D eigenvalue weighted by atomic mass is 16.2. The Morgan fingerprint density at radius 1 is 1.73 bits per heavy atom. The molecule has 1 heterocycles. The molecule has 0 aromatic carbocycles. The zero-order chi connectivity index (χ0) is 8.43. The topological polar surface area (TPSA) is 70.1 Å². The van der Waals surface area contributed by atoms with E-state index in [4.69, 9.17) is 11.0 Å². The Bertz CT molecular complexity index is 208. The minimum Gasteiger partial charge on any atom is -0.340 e. The Labute approximate surface area is 65.6 Å². The van der Waals surface area contributed by atoms with Crippen molar-refractivity contribution in [2.45, 2.75) is 13.0 Å². The molecule has 11 heavy (non-hydrogen) atoms. The number of hydrogen-bond donors (Lipinski definition) is 1. The van der Waals surface area contributed by atoms with E-state index >= 15 is 0 Å². The second-order valence-electron chi connectivity index (χ2n) is 2.82. The van der Waals surface area contributed by atoms with Gasteiger partial charge in [-0.2, -0.15) is 5.26 Å². The monoisotopic (exact) mass is 153 g/mol. The Kier molecular flexibility index (Phi) is 2.11. The van der Waals surface area contributed by atoms with E-state index in [1.165, 1.54) is 6.92 Å². The molecule has 0 aromatic rings. The predicted molar refractivity (Wildman–Crippen MR) is 39.3 cm³/mol. The maximum atomic E-state index is 10.8. The van der Waals surface area contributed by atoms with E-state index in [9.17, 15) is 4.79 Å². The smallest absolute Gasteiger partial charge is 0.219 e. The molecule has 1 amide bonds. The summed E-state index contributed by atoms with van der Waals surface area (Å²) in [5, 5.41) is 8.57. The highest BCUT2D eigenvalue weighted by Gasteiger charge is 2.31. The third-order valence-corrected chi connectivity index (χ3v) is 1.98. The summed E-state index contributed by atoms with van der Waals surface area (Å²) in [5.74, 6) is -0.183. The molecule has 0 aromatic heterocycles. The molecule has 0 radical (unpaired) electrons. The zero-order valence-electron chi connectivity index (χ0n) is 6.45. The van der Waals surface area contributed by atoms with Crippen LogP contribution in [0.2, 0.25) is 0 Å². The lowest BCUT2D eigenvalue weighted by Gasteiger charge is -2.11. The number of nitrogens with two attached hydrogens (primary N) is 1. The van der Waals surface area contributed by atoms with Crippen LogP contribution in [0.4, 0.5) is 0 Å². The van der Waals surface area contributed by atoms with Crippen molar-refractivity contribution in [3.8, 4) is 6.07 Å². The quantitative estimate of drug-likeness (QED) is 0.501. The first-order valence-corrected chi connectivity index (χ1v) is 3.56. The van der Waals surface area contributed by atoms with Crippen molar-refractivity contribution in [1.82, 2.24) is 4.90 Å². The van der Waals surface area contributed by atoms with E-state index in [1.54, 1.807) is 4.90 Å². The maximum Gasteiger partial charge on any atom is 0.219 e. The Hall–Kier alpha value is -1.08. The fraction of sp³-hybridized carbons (Fsp3) is 0.714. The maximum absolute atomic E-state index is 10.8. The van der Waals surface area contributed by atoms with Gasteiger partial charge < -0.3 is 10.6 Å². The average molecular weight is 153 g/mol. The SMILES string of the molecule is CC(=O)N1C[C@@H](N)[C@H](C#N)C1. The van der Waals surface area contributed by atoms with Gasteiger partial charge in [0.2, 0.25) is 5.91 Å². The summed E-state index contributed by atoms with van der Waals surface area (Å²) in [4.78, 5) is 12.4. The van der Waals surface area contributed by atoms with E-state index in [1.807, 2.05) is 0 Å². The van der Waals surface area contributed by atoms with Gasteiger partial charge in [0.1, 0.15) is 0 Å². The van der Waals surface area contributed by atoms with E-state index < -0.39 is 0 Å². The Balaban J connectivity index is 2.58. The molecule has 2 N–H and O–H groups in total. The number of nitriles is 1. The number of rotatable bonds is 0. The molecule has 4 heteroatoms. The lowest BCUT2D eigenvalue weighted by Crippen LogP contribution is -2.30. The summed E-state index contributed by atoms with van der Waals surface area (Å²) in [7, 11) is 0. The molecule has 1 saturated heterocycles. The largest absolute Gasteiger partial charge is 0.340 e. The van der Waals surface area contributed by atoms with Crippen LogP contribution in [0.15, 0.2) is 0 Å². The number of hydrogen-bond acceptors (Lipinski definition) is 3. The van der Waals surface area contributed by atoms with Gasteiger partial charge in [-0.1, -0.05) is 0 Å².